The summed E-state index contributed by atoms with van der Waals surface area (Å²) in [5.74, 6) is 0. The van der Waals surface area contributed by atoms with E-state index in [1.165, 1.54) is 14.8 Å². The number of para-hydroxylation sites is 4. The molecular weight excluding hydrogens is 1200 g/mol. The first-order chi connectivity index (χ1) is 48.1. The third kappa shape index (κ3) is 8.23. The molecule has 0 radical (unpaired) electrons. The highest BCUT2D eigenvalue weighted by Crippen LogP contribution is 2.55. The zero-order valence-corrected chi connectivity index (χ0v) is 53.2. The Bertz CT molecular complexity index is 6340. The Morgan fingerprint density at radius 1 is 0.227 bits per heavy atom. The molecule has 5 aromatic heterocycles. The molecule has 0 aliphatic rings. The van der Waals surface area contributed by atoms with Gasteiger partial charge in [-0.2, -0.15) is 5.26 Å². The normalized spacial score (nSPS) is 11.9. The number of hydrogen-bond acceptors (Lipinski definition) is 2. The fourth-order valence-corrected chi connectivity index (χ4v) is 17.1. The Labute approximate surface area is 562 Å². The SMILES string of the molecule is N#Cc1c(-n2c3ccccc3c3ccc(-c4ccccc4)cc32)c(-n2c3ccccc3c3ccc(-c4ccccc4)cc32)c(-c2cccc3sc4ccccc4c23)c(-n2c3ccccc3c3ccc(-c4ccccc4)cc32)c1-n1c2ccccc2c2ccc(-c3ccccc3)cc21. The third-order valence-electron chi connectivity index (χ3n) is 20.2. The van der Waals surface area contributed by atoms with E-state index >= 15 is 0 Å². The molecule has 5 nitrogen and oxygen atoms in total. The maximum Gasteiger partial charge on any atom is 0.104 e. The molecular formula is C91H55N5S. The van der Waals surface area contributed by atoms with Crippen molar-refractivity contribution < 1.29 is 0 Å². The van der Waals surface area contributed by atoms with Gasteiger partial charge in [-0.25, -0.2) is 0 Å². The number of fused-ring (bicyclic) bond motifs is 15. The van der Waals surface area contributed by atoms with E-state index in [0.29, 0.717) is 5.56 Å². The van der Waals surface area contributed by atoms with Gasteiger partial charge in [0.05, 0.1) is 66.9 Å². The summed E-state index contributed by atoms with van der Waals surface area (Å²) in [5, 5.41) is 24.7. The molecule has 20 rings (SSSR count). The molecule has 0 atom stereocenters. The van der Waals surface area contributed by atoms with Crippen molar-refractivity contribution in [1.29, 1.82) is 5.26 Å². The van der Waals surface area contributed by atoms with Gasteiger partial charge in [0.25, 0.3) is 0 Å². The van der Waals surface area contributed by atoms with E-state index in [-0.39, 0.29) is 0 Å². The van der Waals surface area contributed by atoms with Gasteiger partial charge in [0.2, 0.25) is 0 Å². The van der Waals surface area contributed by atoms with Crippen molar-refractivity contribution in [2.75, 3.05) is 0 Å². The van der Waals surface area contributed by atoms with Gasteiger partial charge < -0.3 is 18.3 Å². The molecule has 97 heavy (non-hydrogen) atoms. The topological polar surface area (TPSA) is 43.5 Å². The Morgan fingerprint density at radius 3 is 0.866 bits per heavy atom. The molecule has 0 spiro atoms. The minimum atomic E-state index is 0.506. The first-order valence-corrected chi connectivity index (χ1v) is 33.9. The lowest BCUT2D eigenvalue weighted by molar-refractivity contribution is 1.04. The summed E-state index contributed by atoms with van der Waals surface area (Å²) >= 11 is 1.83. The lowest BCUT2D eigenvalue weighted by atomic mass is 9.91. The van der Waals surface area contributed by atoms with Gasteiger partial charge in [-0.3, -0.25) is 0 Å². The Kier molecular flexibility index (Phi) is 12.2. The van der Waals surface area contributed by atoms with Crippen LogP contribution in [0.2, 0.25) is 0 Å². The van der Waals surface area contributed by atoms with Crippen LogP contribution in [0.25, 0.3) is 186 Å². The molecule has 5 heterocycles. The predicted octanol–water partition coefficient (Wildman–Crippen LogP) is 24.6. The molecule has 0 fully saturated rings. The Morgan fingerprint density at radius 2 is 0.515 bits per heavy atom. The van der Waals surface area contributed by atoms with E-state index in [0.717, 1.165) is 171 Å². The second-order valence-corrected chi connectivity index (χ2v) is 26.4. The lowest BCUT2D eigenvalue weighted by Gasteiger charge is -2.30. The van der Waals surface area contributed by atoms with Crippen LogP contribution < -0.4 is 0 Å². The summed E-state index contributed by atoms with van der Waals surface area (Å²) in [5.41, 5.74) is 22.5. The van der Waals surface area contributed by atoms with Gasteiger partial charge in [-0.15, -0.1) is 11.3 Å². The van der Waals surface area contributed by atoms with Crippen LogP contribution in [0.1, 0.15) is 5.56 Å². The van der Waals surface area contributed by atoms with Crippen LogP contribution >= 0.6 is 11.3 Å². The molecule has 0 bridgehead atoms. The summed E-state index contributed by atoms with van der Waals surface area (Å²) < 4.78 is 12.4. The fourth-order valence-electron chi connectivity index (χ4n) is 16.0. The highest BCUT2D eigenvalue weighted by atomic mass is 32.1. The van der Waals surface area contributed by atoms with E-state index in [1.807, 2.05) is 11.3 Å². The summed E-state index contributed by atoms with van der Waals surface area (Å²) in [7, 11) is 0. The minimum Gasteiger partial charge on any atom is -0.306 e. The van der Waals surface area contributed by atoms with E-state index in [2.05, 4.69) is 358 Å². The number of aromatic nitrogens is 4. The van der Waals surface area contributed by atoms with Crippen LogP contribution in [-0.2, 0) is 0 Å². The monoisotopic (exact) mass is 1250 g/mol. The zero-order valence-electron chi connectivity index (χ0n) is 52.4. The largest absolute Gasteiger partial charge is 0.306 e. The van der Waals surface area contributed by atoms with Crippen molar-refractivity contribution in [3.05, 3.63) is 339 Å². The van der Waals surface area contributed by atoms with Crippen molar-refractivity contribution >= 4 is 119 Å². The number of nitriles is 1. The van der Waals surface area contributed by atoms with Crippen molar-refractivity contribution in [2.45, 2.75) is 0 Å². The number of rotatable bonds is 9. The highest BCUT2D eigenvalue weighted by molar-refractivity contribution is 7.26. The van der Waals surface area contributed by atoms with Crippen molar-refractivity contribution in [1.82, 2.24) is 18.3 Å². The molecule has 0 amide bonds. The second-order valence-electron chi connectivity index (χ2n) is 25.3. The van der Waals surface area contributed by atoms with Crippen LogP contribution in [0.4, 0.5) is 0 Å². The van der Waals surface area contributed by atoms with Crippen LogP contribution in [0.5, 0.6) is 0 Å². The average Bonchev–Trinajstić information content (AvgIpc) is 1.56. The minimum absolute atomic E-state index is 0.506. The van der Waals surface area contributed by atoms with Crippen LogP contribution in [0.15, 0.2) is 334 Å². The Balaban J connectivity index is 1.12. The molecule has 450 valence electrons. The predicted molar refractivity (Wildman–Crippen MR) is 409 cm³/mol. The smallest absolute Gasteiger partial charge is 0.104 e. The maximum absolute atomic E-state index is 13.7. The van der Waals surface area contributed by atoms with E-state index in [4.69, 9.17) is 0 Å². The molecule has 0 saturated carbocycles. The summed E-state index contributed by atoms with van der Waals surface area (Å²) in [4.78, 5) is 0. The molecule has 20 aromatic rings. The lowest BCUT2D eigenvalue weighted by Crippen LogP contribution is -2.16. The number of thiophene rings is 1. The molecule has 0 aliphatic carbocycles. The number of nitrogens with zero attached hydrogens (tertiary/aromatic N) is 5. The molecule has 0 unspecified atom stereocenters. The maximum atomic E-state index is 13.7. The number of hydrogen-bond donors (Lipinski definition) is 0. The standard InChI is InChI=1S/C91H55N5S/c92-56-75-88(93-76-38-18-13-32-65(76)69-48-44-61(52-80(69)93)57-24-5-1-6-25-57)90(95-78-40-20-15-34-67(78)71-50-46-63(54-82(71)95)59-28-9-3-10-29-59)87(74-37-23-43-85-86(74)73-36-17-22-42-84(73)97-85)91(96-79-41-21-16-35-68(79)72-51-47-64(55-83(72)96)60-30-11-4-12-31-60)89(75)94-77-39-19-14-33-66(77)70-49-45-62(53-81(70)94)58-26-7-2-8-27-58/h1-55H. The van der Waals surface area contributed by atoms with Gasteiger partial charge in [-0.05, 0) is 111 Å². The summed E-state index contributed by atoms with van der Waals surface area (Å²) in [6.07, 6.45) is 0. The van der Waals surface area contributed by atoms with Gasteiger partial charge in [0.15, 0.2) is 0 Å². The van der Waals surface area contributed by atoms with Gasteiger partial charge in [0, 0.05) is 68.8 Å². The van der Waals surface area contributed by atoms with Crippen LogP contribution in [0, 0.1) is 11.3 Å². The quantitative estimate of drug-likeness (QED) is 0.142. The first-order valence-electron chi connectivity index (χ1n) is 33.0. The zero-order chi connectivity index (χ0) is 63.8. The molecule has 0 aliphatic heterocycles. The van der Waals surface area contributed by atoms with Crippen LogP contribution in [0.3, 0.4) is 0 Å². The van der Waals surface area contributed by atoms with Gasteiger partial charge in [-0.1, -0.05) is 273 Å². The highest BCUT2D eigenvalue weighted by Gasteiger charge is 2.36. The third-order valence-corrected chi connectivity index (χ3v) is 21.3. The first kappa shape index (κ1) is 54.7. The summed E-state index contributed by atoms with van der Waals surface area (Å²) in [6, 6.07) is 125. The average molecular weight is 1250 g/mol. The molecule has 15 aromatic carbocycles. The fraction of sp³-hybridized carbons (Fsp3) is 0. The second kappa shape index (κ2) is 21.6. The van der Waals surface area contributed by atoms with E-state index in [1.54, 1.807) is 0 Å². The number of benzene rings is 15. The molecule has 0 saturated heterocycles. The Hall–Kier alpha value is -12.8. The molecule has 0 N–H and O–H groups in total. The van der Waals surface area contributed by atoms with E-state index in [9.17, 15) is 5.26 Å². The van der Waals surface area contributed by atoms with Gasteiger partial charge in [0.1, 0.15) is 11.6 Å². The van der Waals surface area contributed by atoms with Crippen molar-refractivity contribution in [3.63, 3.8) is 0 Å². The van der Waals surface area contributed by atoms with Gasteiger partial charge >= 0.3 is 0 Å². The molecule has 6 heteroatoms. The summed E-state index contributed by atoms with van der Waals surface area (Å²) in [6.45, 7) is 0. The van der Waals surface area contributed by atoms with E-state index < -0.39 is 0 Å². The van der Waals surface area contributed by atoms with Crippen LogP contribution in [-0.4, -0.2) is 18.3 Å². The van der Waals surface area contributed by atoms with Crippen molar-refractivity contribution in [2.24, 2.45) is 0 Å². The van der Waals surface area contributed by atoms with Crippen molar-refractivity contribution in [3.8, 4) is 84.5 Å².